The first kappa shape index (κ1) is 27.8. The van der Waals surface area contributed by atoms with Crippen LogP contribution in [0.2, 0.25) is 0 Å². The highest BCUT2D eigenvalue weighted by Gasteiger charge is 2.63. The fourth-order valence-corrected chi connectivity index (χ4v) is 5.91. The summed E-state index contributed by atoms with van der Waals surface area (Å²) in [4.78, 5) is 31.5. The molecule has 2 heterocycles. The molecule has 7 nitrogen and oxygen atoms in total. The van der Waals surface area contributed by atoms with Crippen LogP contribution in [0.25, 0.3) is 0 Å². The number of nitrogens with zero attached hydrogens (tertiary/aromatic N) is 2. The molecule has 1 aromatic carbocycles. The summed E-state index contributed by atoms with van der Waals surface area (Å²) in [5.74, 6) is -4.93. The molecule has 0 spiro atoms. The molecule has 0 radical (unpaired) electrons. The lowest BCUT2D eigenvalue weighted by molar-refractivity contribution is -0.109. The molecule has 3 atom stereocenters. The summed E-state index contributed by atoms with van der Waals surface area (Å²) >= 11 is 1.14. The van der Waals surface area contributed by atoms with Crippen LogP contribution < -0.4 is 4.74 Å². The van der Waals surface area contributed by atoms with Crippen molar-refractivity contribution in [3.63, 3.8) is 0 Å². The average molecular weight is 525 g/mol. The Labute approximate surface area is 214 Å². The maximum atomic E-state index is 15.0. The quantitative estimate of drug-likeness (QED) is 0.403. The third kappa shape index (κ3) is 5.48. The van der Waals surface area contributed by atoms with Crippen molar-refractivity contribution in [2.24, 2.45) is 11.8 Å². The molecule has 0 saturated carbocycles. The van der Waals surface area contributed by atoms with Crippen molar-refractivity contribution in [2.75, 3.05) is 7.11 Å². The lowest BCUT2D eigenvalue weighted by atomic mass is 9.85. The van der Waals surface area contributed by atoms with Gasteiger partial charge in [-0.2, -0.15) is 0 Å². The number of thiazole rings is 1. The number of hydrogen-bond donors (Lipinski definition) is 1. The van der Waals surface area contributed by atoms with Crippen molar-refractivity contribution < 1.29 is 33.0 Å². The summed E-state index contributed by atoms with van der Waals surface area (Å²) in [6.07, 6.45) is -0.452. The number of carbonyl (C=O) groups excluding carboxylic acids is 1. The van der Waals surface area contributed by atoms with Crippen molar-refractivity contribution in [3.05, 3.63) is 45.9 Å². The summed E-state index contributed by atoms with van der Waals surface area (Å²) in [6.45, 7) is 10.5. The summed E-state index contributed by atoms with van der Waals surface area (Å²) in [7, 11) is 1.50. The van der Waals surface area contributed by atoms with Crippen LogP contribution in [-0.4, -0.2) is 45.8 Å². The standard InChI is InChI=1S/C26H34F2N2O5S/c1-15(2)13-26(35-23(32)33)14-18(25(6,27)28)20(21-29-10-11-36-21)30(26)22(31)16-8-9-17(24(3,4)5)19(12-16)34-7/h8-12,15,18,20H,13-14H2,1-7H3,(H,32,33)/t18-,20-,26+/m1/s1. The summed E-state index contributed by atoms with van der Waals surface area (Å²) in [5.41, 5.74) is -1.02. The molecule has 2 aromatic rings. The summed E-state index contributed by atoms with van der Waals surface area (Å²) < 4.78 is 41.0. The van der Waals surface area contributed by atoms with E-state index in [2.05, 4.69) is 4.98 Å². The molecule has 3 rings (SSSR count). The van der Waals surface area contributed by atoms with Crippen molar-refractivity contribution in [3.8, 4) is 5.75 Å². The second kappa shape index (κ2) is 9.95. The fourth-order valence-electron chi connectivity index (χ4n) is 5.12. The molecule has 0 aliphatic carbocycles. The third-order valence-electron chi connectivity index (χ3n) is 6.47. The second-order valence-electron chi connectivity index (χ2n) is 10.8. The number of carbonyl (C=O) groups is 2. The molecule has 1 aliphatic rings. The molecule has 36 heavy (non-hydrogen) atoms. The first-order valence-electron chi connectivity index (χ1n) is 11.8. The van der Waals surface area contributed by atoms with E-state index >= 15 is 8.78 Å². The van der Waals surface area contributed by atoms with Crippen molar-refractivity contribution in [1.82, 2.24) is 9.88 Å². The number of ether oxygens (including phenoxy) is 2. The maximum Gasteiger partial charge on any atom is 0.507 e. The highest BCUT2D eigenvalue weighted by Crippen LogP contribution is 2.55. The Hall–Kier alpha value is -2.75. The van der Waals surface area contributed by atoms with Gasteiger partial charge in [-0.25, -0.2) is 18.6 Å². The highest BCUT2D eigenvalue weighted by molar-refractivity contribution is 7.09. The lowest BCUT2D eigenvalue weighted by Gasteiger charge is -2.40. The van der Waals surface area contributed by atoms with Gasteiger partial charge >= 0.3 is 6.16 Å². The Morgan fingerprint density at radius 3 is 2.42 bits per heavy atom. The van der Waals surface area contributed by atoms with Gasteiger partial charge in [0, 0.05) is 30.0 Å². The van der Waals surface area contributed by atoms with E-state index in [9.17, 15) is 14.7 Å². The van der Waals surface area contributed by atoms with E-state index in [1.54, 1.807) is 23.6 Å². The lowest BCUT2D eigenvalue weighted by Crippen LogP contribution is -2.52. The smallest absolute Gasteiger partial charge is 0.496 e. The molecular weight excluding hydrogens is 490 g/mol. The van der Waals surface area contributed by atoms with Gasteiger partial charge in [0.05, 0.1) is 19.1 Å². The third-order valence-corrected chi connectivity index (χ3v) is 7.32. The molecule has 1 saturated heterocycles. The van der Waals surface area contributed by atoms with E-state index < -0.39 is 35.7 Å². The van der Waals surface area contributed by atoms with Crippen LogP contribution in [0.5, 0.6) is 5.75 Å². The van der Waals surface area contributed by atoms with Gasteiger partial charge in [-0.3, -0.25) is 9.69 Å². The molecule has 1 fully saturated rings. The van der Waals surface area contributed by atoms with E-state index in [4.69, 9.17) is 9.47 Å². The van der Waals surface area contributed by atoms with Crippen LogP contribution in [-0.2, 0) is 10.2 Å². The average Bonchev–Trinajstić information content (AvgIpc) is 3.37. The van der Waals surface area contributed by atoms with Gasteiger partial charge < -0.3 is 14.6 Å². The zero-order valence-corrected chi connectivity index (χ0v) is 22.5. The first-order chi connectivity index (χ1) is 16.6. The molecule has 1 aromatic heterocycles. The Kier molecular flexibility index (Phi) is 7.70. The van der Waals surface area contributed by atoms with E-state index in [1.807, 2.05) is 34.6 Å². The molecular formula is C26H34F2N2O5S. The van der Waals surface area contributed by atoms with Crippen LogP contribution in [0.15, 0.2) is 29.8 Å². The monoisotopic (exact) mass is 524 g/mol. The summed E-state index contributed by atoms with van der Waals surface area (Å²) in [5, 5.41) is 11.6. The largest absolute Gasteiger partial charge is 0.507 e. The predicted molar refractivity (Wildman–Crippen MR) is 133 cm³/mol. The molecule has 10 heteroatoms. The minimum Gasteiger partial charge on any atom is -0.496 e. The number of benzene rings is 1. The number of hydrogen-bond acceptors (Lipinski definition) is 6. The Balaban J connectivity index is 2.25. The number of halogens is 2. The van der Waals surface area contributed by atoms with Crippen molar-refractivity contribution >= 4 is 23.4 Å². The van der Waals surface area contributed by atoms with Crippen molar-refractivity contribution in [2.45, 2.75) is 77.5 Å². The number of rotatable bonds is 7. The number of aromatic nitrogens is 1. The predicted octanol–water partition coefficient (Wildman–Crippen LogP) is 6.74. The van der Waals surface area contributed by atoms with Crippen LogP contribution in [0.1, 0.15) is 81.4 Å². The topological polar surface area (TPSA) is 89.0 Å². The number of methoxy groups -OCH3 is 1. The zero-order valence-electron chi connectivity index (χ0n) is 21.7. The zero-order chi connectivity index (χ0) is 27.1. The normalized spacial score (nSPS) is 22.7. The Bertz CT molecular complexity index is 1090. The van der Waals surface area contributed by atoms with E-state index in [1.165, 1.54) is 18.2 Å². The van der Waals surface area contributed by atoms with Gasteiger partial charge in [-0.1, -0.05) is 40.7 Å². The Morgan fingerprint density at radius 1 is 1.28 bits per heavy atom. The van der Waals surface area contributed by atoms with Crippen LogP contribution in [0.4, 0.5) is 13.6 Å². The minimum absolute atomic E-state index is 0.0523. The SMILES string of the molecule is COc1cc(C(=O)N2[C@@H](c3nccs3)[C@H](C(C)(F)F)C[C@]2(CC(C)C)OC(=O)O)ccc1C(C)(C)C. The van der Waals surface area contributed by atoms with E-state index in [-0.39, 0.29) is 29.7 Å². The van der Waals surface area contributed by atoms with Gasteiger partial charge in [-0.15, -0.1) is 11.3 Å². The summed E-state index contributed by atoms with van der Waals surface area (Å²) in [6, 6.07) is 3.78. The van der Waals surface area contributed by atoms with Crippen LogP contribution in [0, 0.1) is 11.8 Å². The fraction of sp³-hybridized carbons (Fsp3) is 0.577. The molecule has 1 N–H and O–H groups in total. The highest BCUT2D eigenvalue weighted by atomic mass is 32.1. The van der Waals surface area contributed by atoms with Gasteiger partial charge in [0.2, 0.25) is 0 Å². The van der Waals surface area contributed by atoms with E-state index in [0.29, 0.717) is 10.8 Å². The molecule has 1 aliphatic heterocycles. The van der Waals surface area contributed by atoms with Crippen LogP contribution >= 0.6 is 11.3 Å². The van der Waals surface area contributed by atoms with Crippen molar-refractivity contribution in [1.29, 1.82) is 0 Å². The minimum atomic E-state index is -3.23. The number of alkyl halides is 2. The molecule has 1 amide bonds. The first-order valence-corrected chi connectivity index (χ1v) is 12.7. The van der Waals surface area contributed by atoms with Gasteiger partial charge in [0.1, 0.15) is 10.8 Å². The van der Waals surface area contributed by atoms with E-state index in [0.717, 1.165) is 23.8 Å². The van der Waals surface area contributed by atoms with Gasteiger partial charge in [0.25, 0.3) is 11.8 Å². The number of carboxylic acid groups (broad SMARTS) is 1. The molecule has 0 bridgehead atoms. The molecule has 0 unspecified atom stereocenters. The Morgan fingerprint density at radius 2 is 1.94 bits per heavy atom. The van der Waals surface area contributed by atoms with Gasteiger partial charge in [0.15, 0.2) is 5.72 Å². The van der Waals surface area contributed by atoms with Gasteiger partial charge in [-0.05, 0) is 36.0 Å². The van der Waals surface area contributed by atoms with Crippen LogP contribution in [0.3, 0.4) is 0 Å². The maximum absolute atomic E-state index is 15.0. The second-order valence-corrected chi connectivity index (χ2v) is 11.8. The number of likely N-dealkylation sites (tertiary alicyclic amines) is 1. The molecule has 198 valence electrons. The number of amides is 1.